The van der Waals surface area contributed by atoms with Gasteiger partial charge in [-0.25, -0.2) is 18.5 Å². The molecule has 0 N–H and O–H groups in total. The number of azo groups is 1. The van der Waals surface area contributed by atoms with Gasteiger partial charge in [0.15, 0.2) is 11.6 Å². The van der Waals surface area contributed by atoms with Crippen LogP contribution in [0.3, 0.4) is 0 Å². The Labute approximate surface area is 177 Å². The zero-order chi connectivity index (χ0) is 22.2. The summed E-state index contributed by atoms with van der Waals surface area (Å²) in [6.07, 6.45) is 1.36. The first-order valence-corrected chi connectivity index (χ1v) is 9.54. The minimum atomic E-state index is -1.04. The molecule has 0 unspecified atom stereocenters. The van der Waals surface area contributed by atoms with Crippen molar-refractivity contribution in [2.24, 2.45) is 10.2 Å². The summed E-state index contributed by atoms with van der Waals surface area (Å²) in [4.78, 5) is 27.7. The van der Waals surface area contributed by atoms with Gasteiger partial charge in [0.05, 0.1) is 24.7 Å². The molecule has 0 aliphatic carbocycles. The molecule has 0 bridgehead atoms. The van der Waals surface area contributed by atoms with Crippen LogP contribution >= 0.6 is 0 Å². The average Bonchev–Trinajstić information content (AvgIpc) is 3.29. The van der Waals surface area contributed by atoms with Gasteiger partial charge in [0.1, 0.15) is 5.69 Å². The predicted octanol–water partition coefficient (Wildman–Crippen LogP) is 4.26. The number of benzene rings is 2. The highest BCUT2D eigenvalue weighted by Gasteiger charge is 2.49. The molecular weight excluding hydrogens is 402 g/mol. The Morgan fingerprint density at radius 2 is 1.68 bits per heavy atom. The monoisotopic (exact) mass is 420 g/mol. The molecule has 8 heteroatoms. The maximum absolute atomic E-state index is 14.9. The van der Waals surface area contributed by atoms with E-state index in [0.717, 1.165) is 12.1 Å². The maximum Gasteiger partial charge on any atom is 0.332 e. The van der Waals surface area contributed by atoms with Crippen molar-refractivity contribution in [3.8, 4) is 11.8 Å². The minimum Gasteiger partial charge on any atom is -0.317 e. The number of rotatable bonds is 2. The van der Waals surface area contributed by atoms with E-state index in [1.54, 1.807) is 31.2 Å². The van der Waals surface area contributed by atoms with Crippen LogP contribution in [0.4, 0.5) is 19.3 Å². The Morgan fingerprint density at radius 1 is 1.03 bits per heavy atom. The van der Waals surface area contributed by atoms with E-state index in [1.165, 1.54) is 18.1 Å². The van der Waals surface area contributed by atoms with Crippen LogP contribution < -0.4 is 4.90 Å². The van der Waals surface area contributed by atoms with E-state index < -0.39 is 34.8 Å². The summed E-state index contributed by atoms with van der Waals surface area (Å²) in [5.41, 5.74) is -0.207. The number of anilines is 1. The molecule has 6 nitrogen and oxygen atoms in total. The fourth-order valence-corrected chi connectivity index (χ4v) is 3.60. The van der Waals surface area contributed by atoms with Crippen molar-refractivity contribution in [3.63, 3.8) is 0 Å². The molecule has 31 heavy (non-hydrogen) atoms. The van der Waals surface area contributed by atoms with Crippen LogP contribution in [0.1, 0.15) is 24.5 Å². The van der Waals surface area contributed by atoms with Crippen molar-refractivity contribution in [2.75, 3.05) is 18.5 Å². The zero-order valence-electron chi connectivity index (χ0n) is 16.9. The number of imide groups is 1. The smallest absolute Gasteiger partial charge is 0.317 e. The molecule has 0 radical (unpaired) electrons. The van der Waals surface area contributed by atoms with Crippen molar-refractivity contribution < 1.29 is 18.4 Å². The van der Waals surface area contributed by atoms with Crippen molar-refractivity contribution in [3.05, 3.63) is 77.0 Å². The SMILES string of the molecule is CN1C(=O)N(c2c(F)cc(C#Cc3ccccc3)cc2F)C(=O)C[C@@]1(C)C1=CN=NC1. The second kappa shape index (κ2) is 7.76. The third-order valence-corrected chi connectivity index (χ3v) is 5.56. The lowest BCUT2D eigenvalue weighted by molar-refractivity contribution is -0.121. The van der Waals surface area contributed by atoms with Crippen LogP contribution in [0.5, 0.6) is 0 Å². The molecule has 0 aromatic heterocycles. The van der Waals surface area contributed by atoms with E-state index in [1.807, 2.05) is 6.07 Å². The summed E-state index contributed by atoms with van der Waals surface area (Å²) in [5, 5.41) is 7.65. The second-order valence-corrected chi connectivity index (χ2v) is 7.50. The molecular formula is C23H18F2N4O2. The Hall–Kier alpha value is -3.86. The molecule has 0 spiro atoms. The number of carbonyl (C=O) groups excluding carboxylic acids is 2. The standard InChI is InChI=1S/C23H18F2N4O2/c1-23(17-13-26-27-14-17)12-20(30)29(22(31)28(23)2)21-18(24)10-16(11-19(21)25)9-8-15-6-4-3-5-7-15/h3-7,10-11,13H,12,14H2,1-2H3/t23-/m0/s1. The van der Waals surface area contributed by atoms with Gasteiger partial charge in [0.25, 0.3) is 0 Å². The van der Waals surface area contributed by atoms with Crippen LogP contribution in [0.2, 0.25) is 0 Å². The predicted molar refractivity (Wildman–Crippen MR) is 110 cm³/mol. The molecule has 1 saturated heterocycles. The van der Waals surface area contributed by atoms with E-state index in [-0.39, 0.29) is 18.5 Å². The lowest BCUT2D eigenvalue weighted by Crippen LogP contribution is -2.62. The lowest BCUT2D eigenvalue weighted by atomic mass is 9.85. The number of amides is 3. The Bertz CT molecular complexity index is 1170. The van der Waals surface area contributed by atoms with E-state index in [9.17, 15) is 18.4 Å². The summed E-state index contributed by atoms with van der Waals surface area (Å²) in [6, 6.07) is 10.2. The van der Waals surface area contributed by atoms with Gasteiger partial charge in [-0.15, -0.1) is 0 Å². The molecule has 3 amide bonds. The van der Waals surface area contributed by atoms with Crippen LogP contribution in [-0.4, -0.2) is 36.0 Å². The molecule has 4 rings (SSSR count). The van der Waals surface area contributed by atoms with Gasteiger partial charge in [-0.2, -0.15) is 10.2 Å². The molecule has 2 aromatic carbocycles. The largest absolute Gasteiger partial charge is 0.332 e. The third-order valence-electron chi connectivity index (χ3n) is 5.56. The summed E-state index contributed by atoms with van der Waals surface area (Å²) in [7, 11) is 1.48. The second-order valence-electron chi connectivity index (χ2n) is 7.50. The molecule has 2 aliphatic rings. The number of halogens is 2. The highest BCUT2D eigenvalue weighted by atomic mass is 19.1. The first-order valence-electron chi connectivity index (χ1n) is 9.54. The van der Waals surface area contributed by atoms with Crippen LogP contribution in [0, 0.1) is 23.5 Å². The summed E-state index contributed by atoms with van der Waals surface area (Å²) < 4.78 is 29.7. The number of nitrogens with zero attached hydrogens (tertiary/aromatic N) is 4. The van der Waals surface area contributed by atoms with Gasteiger partial charge >= 0.3 is 6.03 Å². The number of carbonyl (C=O) groups is 2. The third kappa shape index (κ3) is 3.59. The topological polar surface area (TPSA) is 65.3 Å². The number of hydrogen-bond donors (Lipinski definition) is 0. The molecule has 2 heterocycles. The molecule has 156 valence electrons. The lowest BCUT2D eigenvalue weighted by Gasteiger charge is -2.45. The molecule has 0 saturated carbocycles. The molecule has 1 atom stereocenters. The average molecular weight is 420 g/mol. The van der Waals surface area contributed by atoms with Crippen molar-refractivity contribution >= 4 is 17.6 Å². The van der Waals surface area contributed by atoms with E-state index >= 15 is 0 Å². The van der Waals surface area contributed by atoms with Gasteiger partial charge in [0, 0.05) is 18.2 Å². The van der Waals surface area contributed by atoms with E-state index in [4.69, 9.17) is 0 Å². The van der Waals surface area contributed by atoms with Gasteiger partial charge in [-0.05, 0) is 36.8 Å². The van der Waals surface area contributed by atoms with Crippen LogP contribution in [-0.2, 0) is 4.79 Å². The summed E-state index contributed by atoms with van der Waals surface area (Å²) >= 11 is 0. The minimum absolute atomic E-state index is 0.0945. The van der Waals surface area contributed by atoms with E-state index in [2.05, 4.69) is 22.1 Å². The molecule has 1 fully saturated rings. The number of urea groups is 1. The fourth-order valence-electron chi connectivity index (χ4n) is 3.60. The highest BCUT2D eigenvalue weighted by molar-refractivity contribution is 6.17. The molecule has 2 aromatic rings. The van der Waals surface area contributed by atoms with Crippen LogP contribution in [0.25, 0.3) is 0 Å². The Kier molecular flexibility index (Phi) is 5.11. The van der Waals surface area contributed by atoms with Crippen molar-refractivity contribution in [1.82, 2.24) is 4.90 Å². The quantitative estimate of drug-likeness (QED) is 0.682. The highest BCUT2D eigenvalue weighted by Crippen LogP contribution is 2.38. The van der Waals surface area contributed by atoms with Gasteiger partial charge in [-0.1, -0.05) is 30.0 Å². The Morgan fingerprint density at radius 3 is 2.29 bits per heavy atom. The molecule has 2 aliphatic heterocycles. The van der Waals surface area contributed by atoms with Gasteiger partial charge in [-0.3, -0.25) is 4.79 Å². The van der Waals surface area contributed by atoms with Gasteiger partial charge < -0.3 is 4.90 Å². The summed E-state index contributed by atoms with van der Waals surface area (Å²) in [6.45, 7) is 1.97. The van der Waals surface area contributed by atoms with Crippen molar-refractivity contribution in [1.29, 1.82) is 0 Å². The first-order chi connectivity index (χ1) is 14.8. The first kappa shape index (κ1) is 20.4. The van der Waals surface area contributed by atoms with Crippen LogP contribution in [0.15, 0.2) is 64.5 Å². The van der Waals surface area contributed by atoms with E-state index in [0.29, 0.717) is 16.0 Å². The normalized spacial score (nSPS) is 20.6. The Balaban J connectivity index is 1.66. The fraction of sp³-hybridized carbons (Fsp3) is 0.217. The van der Waals surface area contributed by atoms with Crippen molar-refractivity contribution in [2.45, 2.75) is 18.9 Å². The van der Waals surface area contributed by atoms with Gasteiger partial charge in [0.2, 0.25) is 5.91 Å². The maximum atomic E-state index is 14.9. The number of likely N-dealkylation sites (N-methyl/N-ethyl adjacent to an activating group) is 1. The summed E-state index contributed by atoms with van der Waals surface area (Å²) in [5.74, 6) is 2.72. The number of hydrogen-bond acceptors (Lipinski definition) is 4. The zero-order valence-corrected chi connectivity index (χ0v) is 16.9.